The fraction of sp³-hybridized carbons (Fsp3) is 0.136. The average molecular weight is 455 g/mol. The number of carboxylic acid groups (broad SMARTS) is 1. The van der Waals surface area contributed by atoms with E-state index in [9.17, 15) is 22.8 Å². The first-order chi connectivity index (χ1) is 15.1. The highest BCUT2D eigenvalue weighted by atomic mass is 32.2. The SMILES string of the molecule is CC(=O)c1ccc(S(=O)(=O)Nc2ccc3[nH]c(=O)c4[nH]ccc4c3c2)cc1.CCC(=O)O. The number of aromatic amines is 2. The maximum absolute atomic E-state index is 12.6. The Hall–Kier alpha value is -3.92. The van der Waals surface area contributed by atoms with Crippen LogP contribution in [0.25, 0.3) is 21.8 Å². The lowest BCUT2D eigenvalue weighted by Gasteiger charge is -2.10. The summed E-state index contributed by atoms with van der Waals surface area (Å²) in [6, 6.07) is 12.4. The number of carbonyl (C=O) groups is 2. The molecule has 32 heavy (non-hydrogen) atoms. The number of benzene rings is 2. The minimum Gasteiger partial charge on any atom is -0.481 e. The number of fused-ring (bicyclic) bond motifs is 3. The molecule has 0 amide bonds. The van der Waals surface area contributed by atoms with Crippen molar-refractivity contribution in [2.75, 3.05) is 4.72 Å². The topological polar surface area (TPSA) is 149 Å². The monoisotopic (exact) mass is 455 g/mol. The first kappa shape index (κ1) is 22.8. The van der Waals surface area contributed by atoms with E-state index in [1.165, 1.54) is 31.2 Å². The van der Waals surface area contributed by atoms with Crippen molar-refractivity contribution in [2.24, 2.45) is 0 Å². The normalized spacial score (nSPS) is 11.1. The lowest BCUT2D eigenvalue weighted by atomic mass is 10.1. The number of hydrogen-bond donors (Lipinski definition) is 4. The summed E-state index contributed by atoms with van der Waals surface area (Å²) >= 11 is 0. The molecular weight excluding hydrogens is 434 g/mol. The minimum atomic E-state index is -3.81. The zero-order valence-corrected chi connectivity index (χ0v) is 18.1. The Kier molecular flexibility index (Phi) is 6.45. The Balaban J connectivity index is 0.000000523. The summed E-state index contributed by atoms with van der Waals surface area (Å²) in [7, 11) is -3.81. The predicted molar refractivity (Wildman–Crippen MR) is 122 cm³/mol. The maximum Gasteiger partial charge on any atom is 0.303 e. The van der Waals surface area contributed by atoms with Crippen molar-refractivity contribution in [2.45, 2.75) is 25.2 Å². The summed E-state index contributed by atoms with van der Waals surface area (Å²) in [4.78, 5) is 38.4. The van der Waals surface area contributed by atoms with Crippen LogP contribution < -0.4 is 10.3 Å². The highest BCUT2D eigenvalue weighted by molar-refractivity contribution is 7.92. The number of aromatic nitrogens is 2. The molecule has 4 aromatic rings. The molecule has 0 aliphatic heterocycles. The van der Waals surface area contributed by atoms with Crippen LogP contribution in [0.1, 0.15) is 30.6 Å². The van der Waals surface area contributed by atoms with Crippen molar-refractivity contribution in [3.63, 3.8) is 0 Å². The number of sulfonamides is 1. The van der Waals surface area contributed by atoms with Crippen LogP contribution in [0.15, 0.2) is 64.4 Å². The summed E-state index contributed by atoms with van der Waals surface area (Å²) in [6.45, 7) is 3.02. The molecule has 0 saturated carbocycles. The van der Waals surface area contributed by atoms with Gasteiger partial charge in [-0.05, 0) is 43.3 Å². The predicted octanol–water partition coefficient (Wildman–Crippen LogP) is 3.49. The van der Waals surface area contributed by atoms with E-state index < -0.39 is 16.0 Å². The van der Waals surface area contributed by atoms with Gasteiger partial charge in [0.2, 0.25) is 0 Å². The van der Waals surface area contributed by atoms with Crippen LogP contribution in [-0.4, -0.2) is 35.2 Å². The summed E-state index contributed by atoms with van der Waals surface area (Å²) in [5.74, 6) is -0.879. The van der Waals surface area contributed by atoms with Gasteiger partial charge in [-0.2, -0.15) is 0 Å². The molecule has 10 heteroatoms. The average Bonchev–Trinajstić information content (AvgIpc) is 3.25. The van der Waals surface area contributed by atoms with E-state index in [0.29, 0.717) is 27.7 Å². The van der Waals surface area contributed by atoms with E-state index >= 15 is 0 Å². The second kappa shape index (κ2) is 9.06. The smallest absolute Gasteiger partial charge is 0.303 e. The summed E-state index contributed by atoms with van der Waals surface area (Å²) < 4.78 is 27.8. The van der Waals surface area contributed by atoms with Crippen LogP contribution >= 0.6 is 0 Å². The summed E-state index contributed by atoms with van der Waals surface area (Å²) in [6.07, 6.45) is 1.88. The molecule has 0 aliphatic carbocycles. The van der Waals surface area contributed by atoms with Gasteiger partial charge in [0.25, 0.3) is 15.6 Å². The molecule has 2 aromatic heterocycles. The number of carboxylic acids is 1. The van der Waals surface area contributed by atoms with Crippen LogP contribution in [0.5, 0.6) is 0 Å². The maximum atomic E-state index is 12.6. The number of aliphatic carboxylic acids is 1. The molecule has 0 fully saturated rings. The molecule has 0 aliphatic rings. The van der Waals surface area contributed by atoms with Crippen molar-refractivity contribution in [3.8, 4) is 0 Å². The van der Waals surface area contributed by atoms with E-state index in [2.05, 4.69) is 14.7 Å². The van der Waals surface area contributed by atoms with Gasteiger partial charge in [-0.1, -0.05) is 19.1 Å². The molecule has 9 nitrogen and oxygen atoms in total. The van der Waals surface area contributed by atoms with Gasteiger partial charge in [-0.15, -0.1) is 0 Å². The number of rotatable bonds is 5. The van der Waals surface area contributed by atoms with Crippen molar-refractivity contribution in [1.82, 2.24) is 9.97 Å². The first-order valence-corrected chi connectivity index (χ1v) is 11.1. The van der Waals surface area contributed by atoms with Crippen molar-refractivity contribution in [1.29, 1.82) is 0 Å². The van der Waals surface area contributed by atoms with Crippen LogP contribution in [0, 0.1) is 0 Å². The van der Waals surface area contributed by atoms with Gasteiger partial charge >= 0.3 is 5.97 Å². The highest BCUT2D eigenvalue weighted by Crippen LogP contribution is 2.25. The number of nitrogens with one attached hydrogen (secondary N) is 3. The zero-order chi connectivity index (χ0) is 23.5. The van der Waals surface area contributed by atoms with E-state index in [1.54, 1.807) is 37.4 Å². The van der Waals surface area contributed by atoms with Crippen LogP contribution in [0.4, 0.5) is 5.69 Å². The van der Waals surface area contributed by atoms with Gasteiger partial charge < -0.3 is 15.1 Å². The molecule has 0 unspecified atom stereocenters. The minimum absolute atomic E-state index is 0.0563. The van der Waals surface area contributed by atoms with Gasteiger partial charge in [-0.3, -0.25) is 19.1 Å². The number of carbonyl (C=O) groups excluding carboxylic acids is 1. The van der Waals surface area contributed by atoms with Gasteiger partial charge in [0.05, 0.1) is 4.90 Å². The van der Waals surface area contributed by atoms with E-state index in [0.717, 1.165) is 5.39 Å². The summed E-state index contributed by atoms with van der Waals surface area (Å²) in [5, 5.41) is 9.15. The van der Waals surface area contributed by atoms with E-state index in [1.807, 2.05) is 0 Å². The van der Waals surface area contributed by atoms with Crippen LogP contribution in [0.3, 0.4) is 0 Å². The molecule has 0 bridgehead atoms. The Morgan fingerprint density at radius 1 is 1.03 bits per heavy atom. The third kappa shape index (κ3) is 4.86. The molecular formula is C22H21N3O6S. The van der Waals surface area contributed by atoms with Gasteiger partial charge in [0.15, 0.2) is 5.78 Å². The van der Waals surface area contributed by atoms with Gasteiger partial charge in [0.1, 0.15) is 5.52 Å². The lowest BCUT2D eigenvalue weighted by molar-refractivity contribution is -0.136. The number of H-pyrrole nitrogens is 2. The molecule has 0 radical (unpaired) electrons. The quantitative estimate of drug-likeness (QED) is 0.338. The lowest BCUT2D eigenvalue weighted by Crippen LogP contribution is -2.13. The van der Waals surface area contributed by atoms with E-state index in [-0.39, 0.29) is 22.7 Å². The van der Waals surface area contributed by atoms with E-state index in [4.69, 9.17) is 5.11 Å². The number of Topliss-reactive ketones (excluding diaryl/α,β-unsaturated/α-hetero) is 1. The number of pyridine rings is 1. The number of hydrogen-bond acceptors (Lipinski definition) is 5. The van der Waals surface area contributed by atoms with Crippen molar-refractivity contribution >= 4 is 49.3 Å². The molecule has 166 valence electrons. The van der Waals surface area contributed by atoms with Crippen LogP contribution in [0.2, 0.25) is 0 Å². The highest BCUT2D eigenvalue weighted by Gasteiger charge is 2.15. The number of anilines is 1. The zero-order valence-electron chi connectivity index (χ0n) is 17.3. The molecule has 4 rings (SSSR count). The molecule has 2 heterocycles. The second-order valence-corrected chi connectivity index (χ2v) is 8.60. The summed E-state index contributed by atoms with van der Waals surface area (Å²) in [5.41, 5.74) is 1.62. The standard InChI is InChI=1S/C19H15N3O4S.C3H6O2/c1-11(23)12-2-5-14(6-3-12)27(25,26)22-13-4-7-17-16(10-13)15-8-9-20-18(15)19(24)21-17;1-2-3(4)5/h2-10,20,22H,1H3,(H,21,24);2H2,1H3,(H,4,5). The fourth-order valence-electron chi connectivity index (χ4n) is 2.99. The van der Waals surface area contributed by atoms with Crippen LogP contribution in [-0.2, 0) is 14.8 Å². The molecule has 0 atom stereocenters. The Labute approximate surface area is 183 Å². The molecule has 2 aromatic carbocycles. The Morgan fingerprint density at radius 2 is 1.69 bits per heavy atom. The van der Waals surface area contributed by atoms with Gasteiger partial charge in [0, 0.05) is 40.2 Å². The molecule has 0 saturated heterocycles. The molecule has 0 spiro atoms. The largest absolute Gasteiger partial charge is 0.481 e. The fourth-order valence-corrected chi connectivity index (χ4v) is 4.04. The van der Waals surface area contributed by atoms with Crippen molar-refractivity contribution in [3.05, 3.63) is 70.6 Å². The molecule has 4 N–H and O–H groups in total. The Bertz CT molecular complexity index is 1470. The number of ketones is 1. The third-order valence-electron chi connectivity index (χ3n) is 4.66. The van der Waals surface area contributed by atoms with Crippen molar-refractivity contribution < 1.29 is 23.1 Å². The Morgan fingerprint density at radius 3 is 2.28 bits per heavy atom. The first-order valence-electron chi connectivity index (χ1n) is 9.61. The van der Waals surface area contributed by atoms with Gasteiger partial charge in [-0.25, -0.2) is 8.42 Å². The second-order valence-electron chi connectivity index (χ2n) is 6.91. The third-order valence-corrected chi connectivity index (χ3v) is 6.06.